The van der Waals surface area contributed by atoms with E-state index in [0.29, 0.717) is 21.5 Å². The van der Waals surface area contributed by atoms with Gasteiger partial charge in [0, 0.05) is 5.56 Å². The van der Waals surface area contributed by atoms with Crippen LogP contribution in [0.15, 0.2) is 35.7 Å². The predicted octanol–water partition coefficient (Wildman–Crippen LogP) is 5.03. The van der Waals surface area contributed by atoms with Crippen molar-refractivity contribution in [2.24, 2.45) is 0 Å². The summed E-state index contributed by atoms with van der Waals surface area (Å²) in [5, 5.41) is 1.82. The predicted molar refractivity (Wildman–Crippen MR) is 72.9 cm³/mol. The van der Waals surface area contributed by atoms with Gasteiger partial charge >= 0.3 is 6.18 Å². The number of nitrogens with zero attached hydrogens (tertiary/aromatic N) is 2. The van der Waals surface area contributed by atoms with Crippen LogP contribution in [0.25, 0.3) is 21.5 Å². The standard InChI is InChI=1S/C13H6ClF3N2S/c14-12-18-9-4-5-20-11(9)10(19-12)7-2-1-3-8(6-7)13(15,16)17/h1-6H. The Morgan fingerprint density at radius 1 is 1.10 bits per heavy atom. The van der Waals surface area contributed by atoms with Gasteiger partial charge in [0.2, 0.25) is 5.28 Å². The second kappa shape index (κ2) is 4.71. The fourth-order valence-corrected chi connectivity index (χ4v) is 2.89. The molecule has 7 heteroatoms. The van der Waals surface area contributed by atoms with E-state index in [2.05, 4.69) is 9.97 Å². The number of alkyl halides is 3. The number of hydrogen-bond acceptors (Lipinski definition) is 3. The SMILES string of the molecule is FC(F)(F)c1cccc(-c2nc(Cl)nc3ccsc23)c1. The molecule has 0 radical (unpaired) electrons. The zero-order chi connectivity index (χ0) is 14.3. The minimum Gasteiger partial charge on any atom is -0.217 e. The van der Waals surface area contributed by atoms with Crippen molar-refractivity contribution in [3.05, 3.63) is 46.6 Å². The second-order valence-corrected chi connectivity index (χ2v) is 5.31. The van der Waals surface area contributed by atoms with Crippen LogP contribution in [0, 0.1) is 0 Å². The van der Waals surface area contributed by atoms with Crippen molar-refractivity contribution >= 4 is 33.2 Å². The van der Waals surface area contributed by atoms with Crippen LogP contribution in [0.3, 0.4) is 0 Å². The van der Waals surface area contributed by atoms with E-state index in [9.17, 15) is 13.2 Å². The maximum absolute atomic E-state index is 12.8. The molecule has 0 bridgehead atoms. The summed E-state index contributed by atoms with van der Waals surface area (Å²) < 4.78 is 39.0. The molecule has 0 aliphatic carbocycles. The van der Waals surface area contributed by atoms with Gasteiger partial charge in [-0.05, 0) is 35.2 Å². The fraction of sp³-hybridized carbons (Fsp3) is 0.0769. The lowest BCUT2D eigenvalue weighted by molar-refractivity contribution is -0.137. The average Bonchev–Trinajstić information content (AvgIpc) is 2.85. The van der Waals surface area contributed by atoms with Crippen LogP contribution in [0.2, 0.25) is 5.28 Å². The van der Waals surface area contributed by atoms with Crippen molar-refractivity contribution < 1.29 is 13.2 Å². The Morgan fingerprint density at radius 3 is 2.65 bits per heavy atom. The number of fused-ring (bicyclic) bond motifs is 1. The first-order valence-electron chi connectivity index (χ1n) is 5.53. The number of thiophene rings is 1. The van der Waals surface area contributed by atoms with Gasteiger partial charge in [-0.1, -0.05) is 12.1 Å². The Bertz CT molecular complexity index is 783. The Balaban J connectivity index is 2.23. The van der Waals surface area contributed by atoms with Crippen molar-refractivity contribution in [1.29, 1.82) is 0 Å². The van der Waals surface area contributed by atoms with Crippen LogP contribution >= 0.6 is 22.9 Å². The largest absolute Gasteiger partial charge is 0.416 e. The first-order valence-corrected chi connectivity index (χ1v) is 6.79. The molecule has 0 saturated heterocycles. The third kappa shape index (κ3) is 2.36. The van der Waals surface area contributed by atoms with E-state index in [1.165, 1.54) is 17.4 Å². The minimum absolute atomic E-state index is 0.0170. The fourth-order valence-electron chi connectivity index (χ4n) is 1.87. The smallest absolute Gasteiger partial charge is 0.217 e. The van der Waals surface area contributed by atoms with Gasteiger partial charge in [0.15, 0.2) is 0 Å². The monoisotopic (exact) mass is 314 g/mol. The molecule has 102 valence electrons. The summed E-state index contributed by atoms with van der Waals surface area (Å²) in [7, 11) is 0. The Kier molecular flexibility index (Phi) is 3.14. The summed E-state index contributed by atoms with van der Waals surface area (Å²) in [4.78, 5) is 8.10. The molecule has 0 aliphatic heterocycles. The minimum atomic E-state index is -4.39. The van der Waals surface area contributed by atoms with Gasteiger partial charge in [0.25, 0.3) is 0 Å². The highest BCUT2D eigenvalue weighted by molar-refractivity contribution is 7.17. The van der Waals surface area contributed by atoms with Gasteiger partial charge in [0.1, 0.15) is 0 Å². The van der Waals surface area contributed by atoms with Gasteiger partial charge in [-0.3, -0.25) is 0 Å². The van der Waals surface area contributed by atoms with E-state index in [1.54, 1.807) is 17.5 Å². The molecular weight excluding hydrogens is 309 g/mol. The maximum Gasteiger partial charge on any atom is 0.416 e. The summed E-state index contributed by atoms with van der Waals surface area (Å²) in [6, 6.07) is 6.78. The van der Waals surface area contributed by atoms with E-state index >= 15 is 0 Å². The van der Waals surface area contributed by atoms with Gasteiger partial charge < -0.3 is 0 Å². The van der Waals surface area contributed by atoms with Crippen molar-refractivity contribution in [3.63, 3.8) is 0 Å². The summed E-state index contributed by atoms with van der Waals surface area (Å²) in [6.45, 7) is 0. The molecule has 1 aromatic carbocycles. The third-order valence-electron chi connectivity index (χ3n) is 2.74. The third-order valence-corrected chi connectivity index (χ3v) is 3.82. The molecule has 3 rings (SSSR count). The second-order valence-electron chi connectivity index (χ2n) is 4.05. The normalized spacial score (nSPS) is 12.0. The van der Waals surface area contributed by atoms with Crippen LogP contribution in [0.4, 0.5) is 13.2 Å². The Labute approximate surface area is 120 Å². The zero-order valence-corrected chi connectivity index (χ0v) is 11.4. The highest BCUT2D eigenvalue weighted by Crippen LogP contribution is 2.35. The number of aromatic nitrogens is 2. The van der Waals surface area contributed by atoms with Crippen LogP contribution < -0.4 is 0 Å². The Morgan fingerprint density at radius 2 is 1.90 bits per heavy atom. The highest BCUT2D eigenvalue weighted by atomic mass is 35.5. The van der Waals surface area contributed by atoms with Gasteiger partial charge in [-0.25, -0.2) is 9.97 Å². The molecule has 0 atom stereocenters. The van der Waals surface area contributed by atoms with E-state index < -0.39 is 11.7 Å². The Hall–Kier alpha value is -1.66. The van der Waals surface area contributed by atoms with Crippen LogP contribution in [-0.4, -0.2) is 9.97 Å². The van der Waals surface area contributed by atoms with Gasteiger partial charge in [0.05, 0.1) is 21.5 Å². The van der Waals surface area contributed by atoms with Gasteiger partial charge in [-0.2, -0.15) is 13.2 Å². The van der Waals surface area contributed by atoms with E-state index in [0.717, 1.165) is 12.1 Å². The highest BCUT2D eigenvalue weighted by Gasteiger charge is 2.30. The summed E-state index contributed by atoms with van der Waals surface area (Å²) in [5.74, 6) is 0. The van der Waals surface area contributed by atoms with Crippen molar-refractivity contribution in [1.82, 2.24) is 9.97 Å². The first kappa shape index (κ1) is 13.3. The molecule has 2 nitrogen and oxygen atoms in total. The molecule has 0 unspecified atom stereocenters. The molecule has 3 aromatic rings. The molecule has 0 fully saturated rings. The first-order chi connectivity index (χ1) is 9.45. The van der Waals surface area contributed by atoms with Gasteiger partial charge in [-0.15, -0.1) is 11.3 Å². The van der Waals surface area contributed by atoms with E-state index in [4.69, 9.17) is 11.6 Å². The lowest BCUT2D eigenvalue weighted by Crippen LogP contribution is -2.04. The van der Waals surface area contributed by atoms with Crippen molar-refractivity contribution in [3.8, 4) is 11.3 Å². The molecule has 20 heavy (non-hydrogen) atoms. The summed E-state index contributed by atoms with van der Waals surface area (Å²) in [5.41, 5.74) is 0.703. The van der Waals surface area contributed by atoms with Crippen LogP contribution in [-0.2, 0) is 6.18 Å². The number of hydrogen-bond donors (Lipinski definition) is 0. The number of halogens is 4. The molecule has 0 amide bonds. The van der Waals surface area contributed by atoms with E-state index in [-0.39, 0.29) is 5.28 Å². The average molecular weight is 315 g/mol. The maximum atomic E-state index is 12.8. The number of benzene rings is 1. The molecule has 0 saturated carbocycles. The van der Waals surface area contributed by atoms with Crippen LogP contribution in [0.1, 0.15) is 5.56 Å². The zero-order valence-electron chi connectivity index (χ0n) is 9.78. The molecule has 0 aliphatic rings. The molecule has 0 spiro atoms. The molecule has 2 aromatic heterocycles. The summed E-state index contributed by atoms with van der Waals surface area (Å²) in [6.07, 6.45) is -4.39. The van der Waals surface area contributed by atoms with Crippen molar-refractivity contribution in [2.45, 2.75) is 6.18 Å². The lowest BCUT2D eigenvalue weighted by Gasteiger charge is -2.09. The molecule has 2 heterocycles. The van der Waals surface area contributed by atoms with Crippen molar-refractivity contribution in [2.75, 3.05) is 0 Å². The van der Waals surface area contributed by atoms with E-state index in [1.807, 2.05) is 0 Å². The molecule has 0 N–H and O–H groups in total. The summed E-state index contributed by atoms with van der Waals surface area (Å²) >= 11 is 7.19. The lowest BCUT2D eigenvalue weighted by atomic mass is 10.1. The quantitative estimate of drug-likeness (QED) is 0.589. The molecular formula is C13H6ClF3N2S. The topological polar surface area (TPSA) is 25.8 Å². The van der Waals surface area contributed by atoms with Crippen LogP contribution in [0.5, 0.6) is 0 Å². The number of rotatable bonds is 1.